The van der Waals surface area contributed by atoms with Crippen LogP contribution in [0.1, 0.15) is 30.0 Å². The number of carbonyl (C=O) groups is 1. The van der Waals surface area contributed by atoms with Gasteiger partial charge in [0.2, 0.25) is 5.91 Å². The van der Waals surface area contributed by atoms with Gasteiger partial charge in [-0.1, -0.05) is 24.3 Å². The van der Waals surface area contributed by atoms with Crippen molar-refractivity contribution in [3.63, 3.8) is 0 Å². The molecule has 1 amide bonds. The molecule has 0 radical (unpaired) electrons. The first kappa shape index (κ1) is 24.0. The van der Waals surface area contributed by atoms with Crippen LogP contribution in [-0.4, -0.2) is 45.9 Å². The van der Waals surface area contributed by atoms with E-state index in [0.29, 0.717) is 13.0 Å². The minimum atomic E-state index is -0.133. The van der Waals surface area contributed by atoms with Crippen molar-refractivity contribution in [3.05, 3.63) is 59.7 Å². The Labute approximate surface area is 184 Å². The van der Waals surface area contributed by atoms with E-state index in [1.54, 1.807) is 14.2 Å². The fourth-order valence-corrected chi connectivity index (χ4v) is 3.48. The zero-order chi connectivity index (χ0) is 20.5. The lowest BCUT2D eigenvalue weighted by Crippen LogP contribution is -2.39. The molecule has 0 saturated carbocycles. The van der Waals surface area contributed by atoms with Gasteiger partial charge in [0.1, 0.15) is 11.5 Å². The average Bonchev–Trinajstić information content (AvgIpc) is 3.27. The molecule has 7 heteroatoms. The fraction of sp³-hybridized carbons (Fsp3) is 0.435. The molecule has 2 unspecified atom stereocenters. The van der Waals surface area contributed by atoms with E-state index in [4.69, 9.17) is 14.2 Å². The zero-order valence-corrected chi connectivity index (χ0v) is 18.4. The Morgan fingerprint density at radius 1 is 1.07 bits per heavy atom. The van der Waals surface area contributed by atoms with Gasteiger partial charge in [0.05, 0.1) is 32.9 Å². The molecule has 1 aliphatic rings. The molecule has 1 heterocycles. The van der Waals surface area contributed by atoms with E-state index in [1.165, 1.54) is 0 Å². The molecule has 2 aromatic carbocycles. The van der Waals surface area contributed by atoms with Gasteiger partial charge in [-0.15, -0.1) is 12.4 Å². The summed E-state index contributed by atoms with van der Waals surface area (Å²) in [4.78, 5) is 12.6. The average molecular weight is 435 g/mol. The molecule has 0 aliphatic carbocycles. The van der Waals surface area contributed by atoms with Crippen LogP contribution >= 0.6 is 12.4 Å². The van der Waals surface area contributed by atoms with Crippen molar-refractivity contribution in [2.45, 2.75) is 31.4 Å². The highest BCUT2D eigenvalue weighted by atomic mass is 35.5. The molecular weight excluding hydrogens is 404 g/mol. The van der Waals surface area contributed by atoms with Crippen molar-refractivity contribution in [3.8, 4) is 11.5 Å². The topological polar surface area (TPSA) is 68.8 Å². The molecule has 0 spiro atoms. The van der Waals surface area contributed by atoms with Crippen LogP contribution in [0, 0.1) is 0 Å². The normalized spacial score (nSPS) is 16.4. The molecule has 1 saturated heterocycles. The van der Waals surface area contributed by atoms with E-state index >= 15 is 0 Å². The van der Waals surface area contributed by atoms with E-state index in [1.807, 2.05) is 48.5 Å². The summed E-state index contributed by atoms with van der Waals surface area (Å²) in [5, 5.41) is 6.37. The van der Waals surface area contributed by atoms with Gasteiger partial charge in [0, 0.05) is 13.2 Å². The van der Waals surface area contributed by atoms with Gasteiger partial charge in [0.25, 0.3) is 0 Å². The summed E-state index contributed by atoms with van der Waals surface area (Å²) in [7, 11) is 3.30. The highest BCUT2D eigenvalue weighted by Gasteiger charge is 2.18. The second kappa shape index (κ2) is 12.4. The Kier molecular flexibility index (Phi) is 9.94. The first-order valence-electron chi connectivity index (χ1n) is 10.1. The van der Waals surface area contributed by atoms with Crippen molar-refractivity contribution in [2.75, 3.05) is 33.9 Å². The summed E-state index contributed by atoms with van der Waals surface area (Å²) >= 11 is 0. The molecule has 2 aromatic rings. The summed E-state index contributed by atoms with van der Waals surface area (Å²) in [5.74, 6) is 1.58. The summed E-state index contributed by atoms with van der Waals surface area (Å²) in [6, 6.07) is 15.6. The van der Waals surface area contributed by atoms with Crippen molar-refractivity contribution in [1.29, 1.82) is 0 Å². The van der Waals surface area contributed by atoms with E-state index in [2.05, 4.69) is 10.6 Å². The maximum Gasteiger partial charge on any atom is 0.234 e. The summed E-state index contributed by atoms with van der Waals surface area (Å²) < 4.78 is 16.1. The Hall–Kier alpha value is -2.28. The van der Waals surface area contributed by atoms with Gasteiger partial charge in [-0.2, -0.15) is 0 Å². The molecular formula is C23H31ClN2O4. The first-order chi connectivity index (χ1) is 14.2. The van der Waals surface area contributed by atoms with Crippen LogP contribution in [0.2, 0.25) is 0 Å². The zero-order valence-electron chi connectivity index (χ0n) is 17.6. The smallest absolute Gasteiger partial charge is 0.234 e. The van der Waals surface area contributed by atoms with Gasteiger partial charge in [-0.3, -0.25) is 4.79 Å². The number of amides is 1. The maximum atomic E-state index is 12.6. The Morgan fingerprint density at radius 3 is 2.27 bits per heavy atom. The van der Waals surface area contributed by atoms with Gasteiger partial charge in [0.15, 0.2) is 0 Å². The van der Waals surface area contributed by atoms with Crippen molar-refractivity contribution in [1.82, 2.24) is 10.6 Å². The largest absolute Gasteiger partial charge is 0.497 e. The van der Waals surface area contributed by atoms with Crippen LogP contribution in [0.25, 0.3) is 0 Å². The summed E-state index contributed by atoms with van der Waals surface area (Å²) in [6.07, 6.45) is 3.06. The summed E-state index contributed by atoms with van der Waals surface area (Å²) in [6.45, 7) is 1.80. The van der Waals surface area contributed by atoms with Crippen LogP contribution in [0.4, 0.5) is 0 Å². The molecule has 0 aromatic heterocycles. The molecule has 30 heavy (non-hydrogen) atoms. The lowest BCUT2D eigenvalue weighted by molar-refractivity contribution is -0.121. The highest BCUT2D eigenvalue weighted by molar-refractivity contribution is 5.85. The fourth-order valence-electron chi connectivity index (χ4n) is 3.48. The number of methoxy groups -OCH3 is 2. The quantitative estimate of drug-likeness (QED) is 0.600. The number of nitrogens with one attached hydrogen (secondary N) is 2. The Morgan fingerprint density at radius 2 is 1.70 bits per heavy atom. The number of carbonyl (C=O) groups excluding carboxylic acids is 1. The predicted octanol–water partition coefficient (Wildman–Crippen LogP) is 3.29. The maximum absolute atomic E-state index is 12.6. The lowest BCUT2D eigenvalue weighted by atomic mass is 9.98. The molecule has 3 rings (SSSR count). The molecule has 1 fully saturated rings. The number of hydrogen-bond acceptors (Lipinski definition) is 5. The Balaban J connectivity index is 0.00000320. The number of hydrogen-bond donors (Lipinski definition) is 2. The van der Waals surface area contributed by atoms with E-state index in [-0.39, 0.29) is 37.0 Å². The van der Waals surface area contributed by atoms with Crippen molar-refractivity contribution in [2.24, 2.45) is 0 Å². The Bertz CT molecular complexity index is 762. The number of benzene rings is 2. The number of rotatable bonds is 10. The molecule has 164 valence electrons. The second-order valence-corrected chi connectivity index (χ2v) is 7.21. The molecule has 0 bridgehead atoms. The minimum Gasteiger partial charge on any atom is -0.497 e. The third kappa shape index (κ3) is 7.20. The minimum absolute atomic E-state index is 0. The van der Waals surface area contributed by atoms with E-state index in [0.717, 1.165) is 42.1 Å². The molecule has 1 aliphatic heterocycles. The predicted molar refractivity (Wildman–Crippen MR) is 120 cm³/mol. The van der Waals surface area contributed by atoms with Crippen LogP contribution in [0.15, 0.2) is 48.5 Å². The highest BCUT2D eigenvalue weighted by Crippen LogP contribution is 2.22. The molecule has 2 atom stereocenters. The van der Waals surface area contributed by atoms with Crippen molar-refractivity contribution >= 4 is 18.3 Å². The van der Waals surface area contributed by atoms with Gasteiger partial charge in [-0.05, 0) is 54.7 Å². The van der Waals surface area contributed by atoms with Gasteiger partial charge < -0.3 is 24.8 Å². The SMILES string of the molecule is COc1ccc(CC(NC(=O)CNCC2CCCO2)c2ccc(OC)cc2)cc1.Cl. The van der Waals surface area contributed by atoms with Gasteiger partial charge >= 0.3 is 0 Å². The van der Waals surface area contributed by atoms with Crippen LogP contribution in [-0.2, 0) is 16.0 Å². The second-order valence-electron chi connectivity index (χ2n) is 7.21. The number of ether oxygens (including phenoxy) is 3. The molecule has 6 nitrogen and oxygen atoms in total. The third-order valence-corrected chi connectivity index (χ3v) is 5.13. The number of halogens is 1. The third-order valence-electron chi connectivity index (χ3n) is 5.13. The monoisotopic (exact) mass is 434 g/mol. The van der Waals surface area contributed by atoms with Crippen LogP contribution in [0.5, 0.6) is 11.5 Å². The van der Waals surface area contributed by atoms with E-state index in [9.17, 15) is 4.79 Å². The van der Waals surface area contributed by atoms with Crippen LogP contribution in [0.3, 0.4) is 0 Å². The van der Waals surface area contributed by atoms with Crippen LogP contribution < -0.4 is 20.1 Å². The first-order valence-corrected chi connectivity index (χ1v) is 10.1. The lowest BCUT2D eigenvalue weighted by Gasteiger charge is -2.20. The standard InChI is InChI=1S/C23H30N2O4.ClH/c1-27-19-9-5-17(6-10-19)14-22(18-7-11-20(28-2)12-8-18)25-23(26)16-24-15-21-4-3-13-29-21;/h5-12,21-22,24H,3-4,13-16H2,1-2H3,(H,25,26);1H. The molecule has 2 N–H and O–H groups in total. The van der Waals surface area contributed by atoms with Gasteiger partial charge in [-0.25, -0.2) is 0 Å². The van der Waals surface area contributed by atoms with E-state index < -0.39 is 0 Å². The summed E-state index contributed by atoms with van der Waals surface area (Å²) in [5.41, 5.74) is 2.16. The van der Waals surface area contributed by atoms with Crippen molar-refractivity contribution < 1.29 is 19.0 Å².